The molecule has 3 atom stereocenters. The largest absolute Gasteiger partial charge is 0.493 e. The minimum atomic E-state index is 0.432. The Morgan fingerprint density at radius 1 is 1.09 bits per heavy atom. The Labute approximate surface area is 200 Å². The van der Waals surface area contributed by atoms with E-state index in [9.17, 15) is 0 Å². The van der Waals surface area contributed by atoms with Crippen molar-refractivity contribution in [3.05, 3.63) is 30.5 Å². The maximum atomic E-state index is 5.71. The molecule has 180 valence electrons. The van der Waals surface area contributed by atoms with Crippen LogP contribution in [0.5, 0.6) is 5.75 Å². The second-order valence-electron chi connectivity index (χ2n) is 10.3. The Morgan fingerprint density at radius 2 is 1.88 bits per heavy atom. The number of aromatic nitrogens is 4. The molecule has 2 aromatic heterocycles. The first-order valence-electron chi connectivity index (χ1n) is 12.6. The van der Waals surface area contributed by atoms with Crippen LogP contribution in [0.2, 0.25) is 0 Å². The Bertz CT molecular complexity index is 1140. The maximum Gasteiger partial charge on any atom is 0.191 e. The van der Waals surface area contributed by atoms with Crippen LogP contribution in [0, 0.1) is 17.8 Å². The number of benzene rings is 1. The monoisotopic (exact) mass is 462 g/mol. The molecule has 0 unspecified atom stereocenters. The first-order chi connectivity index (χ1) is 16.6. The lowest BCUT2D eigenvalue weighted by Crippen LogP contribution is -2.32. The van der Waals surface area contributed by atoms with Gasteiger partial charge in [0.05, 0.1) is 18.3 Å². The molecule has 1 saturated carbocycles. The summed E-state index contributed by atoms with van der Waals surface area (Å²) in [5.41, 5.74) is 2.79. The van der Waals surface area contributed by atoms with Gasteiger partial charge in [-0.25, -0.2) is 0 Å². The highest BCUT2D eigenvalue weighted by atomic mass is 16.5. The van der Waals surface area contributed by atoms with E-state index < -0.39 is 0 Å². The topological polar surface area (TPSA) is 77.3 Å². The number of likely N-dealkylation sites (tertiary alicyclic amines) is 1. The van der Waals surface area contributed by atoms with Crippen molar-refractivity contribution in [2.75, 3.05) is 45.3 Å². The van der Waals surface area contributed by atoms with E-state index in [4.69, 9.17) is 9.47 Å². The minimum Gasteiger partial charge on any atom is -0.493 e. The van der Waals surface area contributed by atoms with Crippen LogP contribution >= 0.6 is 0 Å². The second-order valence-corrected chi connectivity index (χ2v) is 10.3. The SMILES string of the molecule is COc1cc(-c2ccc3nn(C)cc3c2)nnc1N[C@H]1C[C@@H]2CN(CC3CCOCC3)C[C@@H]2C1. The summed E-state index contributed by atoms with van der Waals surface area (Å²) in [6, 6.07) is 8.58. The van der Waals surface area contributed by atoms with Crippen LogP contribution < -0.4 is 10.1 Å². The van der Waals surface area contributed by atoms with Crippen LogP contribution in [0.15, 0.2) is 30.5 Å². The molecule has 3 fully saturated rings. The van der Waals surface area contributed by atoms with Crippen LogP contribution in [-0.2, 0) is 11.8 Å². The standard InChI is InChI=1S/C26H34N6O2/c1-31-14-21-9-18(3-4-23(21)30-31)24-12-25(33-2)26(29-28-24)27-22-10-19-15-32(16-20(19)11-22)13-17-5-7-34-8-6-17/h3-4,9,12,14,17,19-20,22H,5-8,10-11,13,15-16H2,1-2H3,(H,27,29)/t19-,20+,22+. The fourth-order valence-electron chi connectivity index (χ4n) is 6.23. The van der Waals surface area contributed by atoms with Gasteiger partial charge in [-0.1, -0.05) is 6.07 Å². The van der Waals surface area contributed by atoms with Crippen LogP contribution in [0.3, 0.4) is 0 Å². The highest BCUT2D eigenvalue weighted by Crippen LogP contribution is 2.40. The summed E-state index contributed by atoms with van der Waals surface area (Å²) >= 11 is 0. The van der Waals surface area contributed by atoms with Gasteiger partial charge in [0.25, 0.3) is 0 Å². The Hall–Kier alpha value is -2.71. The third-order valence-corrected chi connectivity index (χ3v) is 7.92. The lowest BCUT2D eigenvalue weighted by atomic mass is 10.00. The van der Waals surface area contributed by atoms with E-state index in [1.54, 1.807) is 7.11 Å². The number of hydrogen-bond donors (Lipinski definition) is 1. The Kier molecular flexibility index (Phi) is 5.87. The zero-order valence-corrected chi connectivity index (χ0v) is 20.1. The van der Waals surface area contributed by atoms with E-state index in [1.165, 1.54) is 45.3 Å². The molecule has 6 rings (SSSR count). The van der Waals surface area contributed by atoms with Gasteiger partial charge in [-0.2, -0.15) is 5.10 Å². The summed E-state index contributed by atoms with van der Waals surface area (Å²) in [7, 11) is 3.64. The van der Waals surface area contributed by atoms with Crippen LogP contribution in [-0.4, -0.2) is 70.9 Å². The minimum absolute atomic E-state index is 0.432. The third kappa shape index (κ3) is 4.36. The van der Waals surface area contributed by atoms with E-state index >= 15 is 0 Å². The predicted octanol–water partition coefficient (Wildman–Crippen LogP) is 3.59. The molecule has 0 spiro atoms. The molecular formula is C26H34N6O2. The molecular weight excluding hydrogens is 428 g/mol. The number of hydrogen-bond acceptors (Lipinski definition) is 7. The Morgan fingerprint density at radius 3 is 2.65 bits per heavy atom. The lowest BCUT2D eigenvalue weighted by molar-refractivity contribution is 0.0545. The fraction of sp³-hybridized carbons (Fsp3) is 0.577. The molecule has 1 aliphatic carbocycles. The highest BCUT2D eigenvalue weighted by molar-refractivity contribution is 5.83. The summed E-state index contributed by atoms with van der Waals surface area (Å²) in [6.45, 7) is 5.60. The molecule has 3 aromatic rings. The van der Waals surface area contributed by atoms with Gasteiger partial charge in [0.2, 0.25) is 0 Å². The van der Waals surface area contributed by atoms with Crippen LogP contribution in [0.4, 0.5) is 5.82 Å². The summed E-state index contributed by atoms with van der Waals surface area (Å²) in [6.07, 6.45) is 6.85. The van der Waals surface area contributed by atoms with E-state index in [0.717, 1.165) is 64.7 Å². The van der Waals surface area contributed by atoms with Crippen molar-refractivity contribution in [2.24, 2.45) is 24.8 Å². The van der Waals surface area contributed by atoms with E-state index in [1.807, 2.05) is 36.1 Å². The lowest BCUT2D eigenvalue weighted by Gasteiger charge is -2.27. The molecule has 8 heteroatoms. The molecule has 8 nitrogen and oxygen atoms in total. The molecule has 0 radical (unpaired) electrons. The van der Waals surface area contributed by atoms with Crippen molar-refractivity contribution in [3.8, 4) is 17.0 Å². The molecule has 34 heavy (non-hydrogen) atoms. The average Bonchev–Trinajstić information content (AvgIpc) is 3.51. The normalized spacial score (nSPS) is 25.6. The van der Waals surface area contributed by atoms with Gasteiger partial charge in [-0.05, 0) is 55.6 Å². The van der Waals surface area contributed by atoms with Gasteiger partial charge in [0.1, 0.15) is 0 Å². The van der Waals surface area contributed by atoms with Crippen molar-refractivity contribution < 1.29 is 9.47 Å². The van der Waals surface area contributed by atoms with Crippen molar-refractivity contribution in [3.63, 3.8) is 0 Å². The number of nitrogens with one attached hydrogen (secondary N) is 1. The second kappa shape index (κ2) is 9.15. The molecule has 0 bridgehead atoms. The van der Waals surface area contributed by atoms with E-state index in [-0.39, 0.29) is 0 Å². The first kappa shape index (κ1) is 21.8. The van der Waals surface area contributed by atoms with E-state index in [2.05, 4.69) is 31.6 Å². The predicted molar refractivity (Wildman–Crippen MR) is 132 cm³/mol. The molecule has 3 aliphatic rings. The summed E-state index contributed by atoms with van der Waals surface area (Å²) in [4.78, 5) is 2.70. The molecule has 4 heterocycles. The van der Waals surface area contributed by atoms with E-state index in [0.29, 0.717) is 6.04 Å². The molecule has 1 aromatic carbocycles. The fourth-order valence-corrected chi connectivity index (χ4v) is 6.23. The highest BCUT2D eigenvalue weighted by Gasteiger charge is 2.41. The number of fused-ring (bicyclic) bond motifs is 2. The third-order valence-electron chi connectivity index (χ3n) is 7.92. The maximum absolute atomic E-state index is 5.71. The van der Waals surface area contributed by atoms with Gasteiger partial charge < -0.3 is 19.7 Å². The molecule has 0 amide bonds. The number of anilines is 1. The molecule has 2 aliphatic heterocycles. The number of nitrogens with zero attached hydrogens (tertiary/aromatic N) is 5. The smallest absolute Gasteiger partial charge is 0.191 e. The van der Waals surface area contributed by atoms with Crippen molar-refractivity contribution in [2.45, 2.75) is 31.7 Å². The number of methoxy groups -OCH3 is 1. The zero-order chi connectivity index (χ0) is 23.1. The van der Waals surface area contributed by atoms with Gasteiger partial charge in [-0.15, -0.1) is 10.2 Å². The molecule has 1 N–H and O–H groups in total. The summed E-state index contributed by atoms with van der Waals surface area (Å²) in [5.74, 6) is 3.87. The number of rotatable bonds is 6. The van der Waals surface area contributed by atoms with Crippen molar-refractivity contribution in [1.82, 2.24) is 24.9 Å². The quantitative estimate of drug-likeness (QED) is 0.600. The summed E-state index contributed by atoms with van der Waals surface area (Å²) in [5, 5.41) is 18.2. The Balaban J connectivity index is 1.10. The van der Waals surface area contributed by atoms with Crippen LogP contribution in [0.25, 0.3) is 22.2 Å². The first-order valence-corrected chi connectivity index (χ1v) is 12.6. The van der Waals surface area contributed by atoms with Crippen LogP contribution in [0.1, 0.15) is 25.7 Å². The summed E-state index contributed by atoms with van der Waals surface area (Å²) < 4.78 is 13.1. The zero-order valence-electron chi connectivity index (χ0n) is 20.1. The van der Waals surface area contributed by atoms with Gasteiger partial charge in [-0.3, -0.25) is 4.68 Å². The van der Waals surface area contributed by atoms with Crippen molar-refractivity contribution >= 4 is 16.7 Å². The van der Waals surface area contributed by atoms with Crippen molar-refractivity contribution in [1.29, 1.82) is 0 Å². The number of ether oxygens (including phenoxy) is 2. The average molecular weight is 463 g/mol. The molecule has 2 saturated heterocycles. The van der Waals surface area contributed by atoms with Gasteiger partial charge in [0.15, 0.2) is 11.6 Å². The van der Waals surface area contributed by atoms with Gasteiger partial charge in [0, 0.05) is 69.2 Å². The van der Waals surface area contributed by atoms with Gasteiger partial charge >= 0.3 is 0 Å². The number of aryl methyl sites for hydroxylation is 1.